The SMILES string of the molecule is CCOc1ccc(OC[C@H](O)CN2C(=O)[C@H]3CC=CC[C@@H]3C2=O)cc1. The number of aliphatic hydroxyl groups excluding tert-OH is 1. The van der Waals surface area contributed by atoms with Crippen LogP contribution in [0.4, 0.5) is 0 Å². The molecule has 1 aromatic rings. The molecule has 0 radical (unpaired) electrons. The standard InChI is InChI=1S/C19H23NO5/c1-2-24-14-7-9-15(10-8-14)25-12-13(21)11-20-18(22)16-5-3-4-6-17(16)19(20)23/h3-4,7-10,13,16-17,21H,2,5-6,11-12H2,1H3/t13-,16+,17+/m1/s1. The van der Waals surface area contributed by atoms with E-state index in [1.54, 1.807) is 24.3 Å². The molecule has 1 aromatic carbocycles. The second kappa shape index (κ2) is 7.70. The summed E-state index contributed by atoms with van der Waals surface area (Å²) in [6.07, 6.45) is 4.17. The van der Waals surface area contributed by atoms with Crippen LogP contribution in [0.15, 0.2) is 36.4 Å². The highest BCUT2D eigenvalue weighted by atomic mass is 16.5. The van der Waals surface area contributed by atoms with Gasteiger partial charge < -0.3 is 14.6 Å². The summed E-state index contributed by atoms with van der Waals surface area (Å²) in [7, 11) is 0. The Bertz CT molecular complexity index is 628. The van der Waals surface area contributed by atoms with Gasteiger partial charge in [0, 0.05) is 0 Å². The zero-order valence-electron chi connectivity index (χ0n) is 14.3. The van der Waals surface area contributed by atoms with Crippen LogP contribution in [0, 0.1) is 11.8 Å². The van der Waals surface area contributed by atoms with Crippen LogP contribution in [0.25, 0.3) is 0 Å². The zero-order chi connectivity index (χ0) is 17.8. The van der Waals surface area contributed by atoms with Gasteiger partial charge >= 0.3 is 0 Å². The molecule has 1 saturated heterocycles. The highest BCUT2D eigenvalue weighted by molar-refractivity contribution is 6.05. The normalized spacial score (nSPS) is 23.5. The first-order valence-corrected chi connectivity index (χ1v) is 8.64. The lowest BCUT2D eigenvalue weighted by Crippen LogP contribution is -2.40. The summed E-state index contributed by atoms with van der Waals surface area (Å²) < 4.78 is 10.9. The Morgan fingerprint density at radius 2 is 1.56 bits per heavy atom. The summed E-state index contributed by atoms with van der Waals surface area (Å²) in [6, 6.07) is 7.08. The average Bonchev–Trinajstić information content (AvgIpc) is 2.87. The highest BCUT2D eigenvalue weighted by Crippen LogP contribution is 2.35. The predicted octanol–water partition coefficient (Wildman–Crippen LogP) is 1.78. The number of carbonyl (C=O) groups is 2. The fraction of sp³-hybridized carbons (Fsp3) is 0.474. The molecule has 0 aromatic heterocycles. The van der Waals surface area contributed by atoms with Crippen LogP contribution in [0.5, 0.6) is 11.5 Å². The van der Waals surface area contributed by atoms with Crippen molar-refractivity contribution in [3.05, 3.63) is 36.4 Å². The van der Waals surface area contributed by atoms with E-state index in [9.17, 15) is 14.7 Å². The maximum absolute atomic E-state index is 12.4. The highest BCUT2D eigenvalue weighted by Gasteiger charge is 2.47. The van der Waals surface area contributed by atoms with Crippen molar-refractivity contribution < 1.29 is 24.2 Å². The lowest BCUT2D eigenvalue weighted by atomic mass is 9.85. The molecule has 1 aliphatic heterocycles. The summed E-state index contributed by atoms with van der Waals surface area (Å²) in [5, 5.41) is 10.2. The van der Waals surface area contributed by atoms with E-state index < -0.39 is 6.10 Å². The number of fused-ring (bicyclic) bond motifs is 1. The van der Waals surface area contributed by atoms with Crippen LogP contribution >= 0.6 is 0 Å². The molecule has 2 aliphatic rings. The van der Waals surface area contributed by atoms with Crippen molar-refractivity contribution in [3.8, 4) is 11.5 Å². The summed E-state index contributed by atoms with van der Waals surface area (Å²) >= 11 is 0. The van der Waals surface area contributed by atoms with Gasteiger partial charge in [-0.05, 0) is 44.0 Å². The second-order valence-corrected chi connectivity index (χ2v) is 6.31. The second-order valence-electron chi connectivity index (χ2n) is 6.31. The lowest BCUT2D eigenvalue weighted by Gasteiger charge is -2.19. The zero-order valence-corrected chi connectivity index (χ0v) is 14.3. The molecule has 25 heavy (non-hydrogen) atoms. The number of nitrogens with zero attached hydrogens (tertiary/aromatic N) is 1. The number of imide groups is 1. The molecule has 0 saturated carbocycles. The number of allylic oxidation sites excluding steroid dienone is 2. The van der Waals surface area contributed by atoms with Gasteiger partial charge in [-0.2, -0.15) is 0 Å². The summed E-state index contributed by atoms with van der Waals surface area (Å²) in [6.45, 7) is 2.49. The number of β-amino-alcohol motifs (C(OH)–C–C–N with tert-alkyl or cyclic N) is 1. The van der Waals surface area contributed by atoms with E-state index in [1.165, 1.54) is 4.90 Å². The molecule has 0 unspecified atom stereocenters. The minimum absolute atomic E-state index is 0.0125. The van der Waals surface area contributed by atoms with Gasteiger partial charge in [0.05, 0.1) is 25.0 Å². The van der Waals surface area contributed by atoms with Crippen LogP contribution in [0.3, 0.4) is 0 Å². The molecule has 1 N–H and O–H groups in total. The van der Waals surface area contributed by atoms with Crippen molar-refractivity contribution in [2.45, 2.75) is 25.9 Å². The first-order chi connectivity index (χ1) is 12.1. The van der Waals surface area contributed by atoms with E-state index >= 15 is 0 Å². The average molecular weight is 345 g/mol. The maximum Gasteiger partial charge on any atom is 0.233 e. The smallest absolute Gasteiger partial charge is 0.233 e. The fourth-order valence-electron chi connectivity index (χ4n) is 3.30. The van der Waals surface area contributed by atoms with Crippen LogP contribution in [-0.2, 0) is 9.59 Å². The molecule has 134 valence electrons. The number of benzene rings is 1. The van der Waals surface area contributed by atoms with Gasteiger partial charge in [-0.15, -0.1) is 0 Å². The number of hydrogen-bond acceptors (Lipinski definition) is 5. The fourth-order valence-corrected chi connectivity index (χ4v) is 3.30. The third-order valence-electron chi connectivity index (χ3n) is 4.57. The van der Waals surface area contributed by atoms with Gasteiger partial charge in [0.1, 0.15) is 24.2 Å². The van der Waals surface area contributed by atoms with Crippen LogP contribution < -0.4 is 9.47 Å². The first kappa shape index (κ1) is 17.5. The molecular formula is C19H23NO5. The van der Waals surface area contributed by atoms with E-state index in [2.05, 4.69) is 0 Å². The van der Waals surface area contributed by atoms with Crippen molar-refractivity contribution in [1.29, 1.82) is 0 Å². The van der Waals surface area contributed by atoms with Crippen molar-refractivity contribution in [2.75, 3.05) is 19.8 Å². The Kier molecular flexibility index (Phi) is 5.38. The molecule has 0 spiro atoms. The monoisotopic (exact) mass is 345 g/mol. The Morgan fingerprint density at radius 3 is 2.08 bits per heavy atom. The topological polar surface area (TPSA) is 76.1 Å². The summed E-state index contributed by atoms with van der Waals surface area (Å²) in [5.41, 5.74) is 0. The van der Waals surface area contributed by atoms with Crippen molar-refractivity contribution >= 4 is 11.8 Å². The molecule has 3 atom stereocenters. The van der Waals surface area contributed by atoms with Crippen LogP contribution in [0.1, 0.15) is 19.8 Å². The molecular weight excluding hydrogens is 322 g/mol. The van der Waals surface area contributed by atoms with Crippen molar-refractivity contribution in [3.63, 3.8) is 0 Å². The Hall–Kier alpha value is -2.34. The van der Waals surface area contributed by atoms with E-state index in [4.69, 9.17) is 9.47 Å². The Balaban J connectivity index is 1.51. The predicted molar refractivity (Wildman–Crippen MR) is 91.2 cm³/mol. The minimum atomic E-state index is -0.924. The summed E-state index contributed by atoms with van der Waals surface area (Å²) in [5.74, 6) is 0.451. The third-order valence-corrected chi connectivity index (χ3v) is 4.57. The lowest BCUT2D eigenvalue weighted by molar-refractivity contribution is -0.141. The van der Waals surface area contributed by atoms with Gasteiger partial charge in [0.2, 0.25) is 11.8 Å². The third kappa shape index (κ3) is 3.85. The molecule has 1 heterocycles. The summed E-state index contributed by atoms with van der Waals surface area (Å²) in [4.78, 5) is 25.9. The van der Waals surface area contributed by atoms with Gasteiger partial charge in [-0.1, -0.05) is 12.2 Å². The molecule has 6 heteroatoms. The molecule has 6 nitrogen and oxygen atoms in total. The van der Waals surface area contributed by atoms with Crippen molar-refractivity contribution in [1.82, 2.24) is 4.90 Å². The quantitative estimate of drug-likeness (QED) is 0.602. The van der Waals surface area contributed by atoms with Gasteiger partial charge in [0.15, 0.2) is 0 Å². The molecule has 0 bridgehead atoms. The number of aliphatic hydroxyl groups is 1. The molecule has 1 aliphatic carbocycles. The Morgan fingerprint density at radius 1 is 1.04 bits per heavy atom. The Labute approximate surface area is 147 Å². The minimum Gasteiger partial charge on any atom is -0.494 e. The first-order valence-electron chi connectivity index (χ1n) is 8.64. The molecule has 1 fully saturated rings. The van der Waals surface area contributed by atoms with E-state index in [1.807, 2.05) is 19.1 Å². The largest absolute Gasteiger partial charge is 0.494 e. The number of ether oxygens (including phenoxy) is 2. The number of amides is 2. The van der Waals surface area contributed by atoms with Gasteiger partial charge in [-0.25, -0.2) is 0 Å². The number of likely N-dealkylation sites (tertiary alicyclic amines) is 1. The van der Waals surface area contributed by atoms with Crippen LogP contribution in [-0.4, -0.2) is 47.7 Å². The molecule has 2 amide bonds. The van der Waals surface area contributed by atoms with E-state index in [-0.39, 0.29) is 36.8 Å². The van der Waals surface area contributed by atoms with Crippen molar-refractivity contribution in [2.24, 2.45) is 11.8 Å². The van der Waals surface area contributed by atoms with Crippen LogP contribution in [0.2, 0.25) is 0 Å². The number of rotatable bonds is 7. The van der Waals surface area contributed by atoms with Gasteiger partial charge in [-0.3, -0.25) is 14.5 Å². The number of hydrogen-bond donors (Lipinski definition) is 1. The molecule has 3 rings (SSSR count). The van der Waals surface area contributed by atoms with E-state index in [0.717, 1.165) is 5.75 Å². The maximum atomic E-state index is 12.4. The number of carbonyl (C=O) groups excluding carboxylic acids is 2. The van der Waals surface area contributed by atoms with Gasteiger partial charge in [0.25, 0.3) is 0 Å². The van der Waals surface area contributed by atoms with E-state index in [0.29, 0.717) is 25.2 Å².